The largest absolute Gasteiger partial charge is 0.387 e. The molecule has 3 nitrogen and oxygen atoms in total. The van der Waals surface area contributed by atoms with E-state index in [1.54, 1.807) is 0 Å². The van der Waals surface area contributed by atoms with Gasteiger partial charge in [-0.1, -0.05) is 32.1 Å². The van der Waals surface area contributed by atoms with E-state index in [4.69, 9.17) is 0 Å². The van der Waals surface area contributed by atoms with Crippen molar-refractivity contribution in [2.45, 2.75) is 81.1 Å². The molecule has 3 rings (SSSR count). The molecule has 2 N–H and O–H groups in total. The lowest BCUT2D eigenvalue weighted by atomic mass is 9.77. The Morgan fingerprint density at radius 2 is 1.74 bits per heavy atom. The first-order valence-electron chi connectivity index (χ1n) is 8.06. The molecule has 0 bridgehead atoms. The summed E-state index contributed by atoms with van der Waals surface area (Å²) in [6, 6.07) is 0.477. The highest BCUT2D eigenvalue weighted by Gasteiger charge is 2.64. The average molecular weight is 285 g/mol. The van der Waals surface area contributed by atoms with Crippen LogP contribution in [0.3, 0.4) is 0 Å². The molecule has 1 aliphatic heterocycles. The highest BCUT2D eigenvalue weighted by Crippen LogP contribution is 2.69. The van der Waals surface area contributed by atoms with Crippen molar-refractivity contribution in [3.8, 4) is 0 Å². The maximum atomic E-state index is 13.2. The second-order valence-corrected chi connectivity index (χ2v) is 10.6. The van der Waals surface area contributed by atoms with Crippen LogP contribution in [0.1, 0.15) is 64.2 Å². The minimum atomic E-state index is -2.30. The van der Waals surface area contributed by atoms with Crippen molar-refractivity contribution in [1.82, 2.24) is 5.32 Å². The van der Waals surface area contributed by atoms with Crippen LogP contribution in [0.15, 0.2) is 0 Å². The normalized spacial score (nSPS) is 48.1. The van der Waals surface area contributed by atoms with Crippen molar-refractivity contribution >= 4 is 7.14 Å². The van der Waals surface area contributed by atoms with Gasteiger partial charge in [-0.2, -0.15) is 0 Å². The van der Waals surface area contributed by atoms with Gasteiger partial charge < -0.3 is 9.67 Å². The average Bonchev–Trinajstić information content (AvgIpc) is 2.60. The zero-order chi connectivity index (χ0) is 13.6. The fraction of sp³-hybridized carbons (Fsp3) is 1.00. The standard InChI is InChI=1S/C15H28NO2P/c1-19(18)12-11-14(17)9-5-6-10-15(14,19)16-13-7-3-2-4-8-13/h13,16-17H,2-12H2,1H3/t14-,15?,19?/m0/s1. The summed E-state index contributed by atoms with van der Waals surface area (Å²) >= 11 is 0. The smallest absolute Gasteiger partial charge is 0.107 e. The van der Waals surface area contributed by atoms with Crippen LogP contribution in [0.25, 0.3) is 0 Å². The van der Waals surface area contributed by atoms with Gasteiger partial charge in [-0.3, -0.25) is 5.32 Å². The second-order valence-electron chi connectivity index (χ2n) is 7.15. The van der Waals surface area contributed by atoms with Crippen LogP contribution in [-0.2, 0) is 4.57 Å². The van der Waals surface area contributed by atoms with E-state index in [2.05, 4.69) is 5.32 Å². The first-order valence-corrected chi connectivity index (χ1v) is 10.4. The number of nitrogens with one attached hydrogen (secondary N) is 1. The van der Waals surface area contributed by atoms with Gasteiger partial charge in [-0.05, 0) is 38.8 Å². The molecular formula is C15H28NO2P. The third-order valence-corrected chi connectivity index (χ3v) is 9.42. The summed E-state index contributed by atoms with van der Waals surface area (Å²) in [4.78, 5) is 0. The van der Waals surface area contributed by atoms with E-state index in [1.165, 1.54) is 32.1 Å². The maximum absolute atomic E-state index is 13.2. The summed E-state index contributed by atoms with van der Waals surface area (Å²) in [5.41, 5.74) is -0.701. The Kier molecular flexibility index (Phi) is 3.61. The Labute approximate surface area is 116 Å². The summed E-state index contributed by atoms with van der Waals surface area (Å²) in [6.07, 6.45) is 11.7. The molecule has 0 aromatic heterocycles. The Hall–Kier alpha value is 0.150. The number of aliphatic hydroxyl groups is 1. The Morgan fingerprint density at radius 1 is 1.05 bits per heavy atom. The topological polar surface area (TPSA) is 49.3 Å². The number of hydrogen-bond donors (Lipinski definition) is 2. The minimum absolute atomic E-state index is 0.458. The van der Waals surface area contributed by atoms with Crippen molar-refractivity contribution in [3.63, 3.8) is 0 Å². The molecule has 0 aromatic carbocycles. The molecule has 19 heavy (non-hydrogen) atoms. The monoisotopic (exact) mass is 285 g/mol. The lowest BCUT2D eigenvalue weighted by molar-refractivity contribution is -0.0440. The van der Waals surface area contributed by atoms with Crippen LogP contribution < -0.4 is 5.32 Å². The predicted molar refractivity (Wildman–Crippen MR) is 79.2 cm³/mol. The molecule has 0 amide bonds. The quantitative estimate of drug-likeness (QED) is 0.765. The molecule has 1 saturated heterocycles. The fourth-order valence-electron chi connectivity index (χ4n) is 4.76. The van der Waals surface area contributed by atoms with Crippen molar-refractivity contribution in [1.29, 1.82) is 0 Å². The van der Waals surface area contributed by atoms with Gasteiger partial charge in [0.25, 0.3) is 0 Å². The SMILES string of the molecule is CP1(=O)CC[C@@]2(O)CCCCC21NC1CCCCC1. The van der Waals surface area contributed by atoms with E-state index >= 15 is 0 Å². The molecule has 0 radical (unpaired) electrons. The molecule has 3 fully saturated rings. The van der Waals surface area contributed by atoms with E-state index in [0.29, 0.717) is 6.04 Å². The Bertz CT molecular complexity index is 394. The summed E-state index contributed by atoms with van der Waals surface area (Å²) in [6.45, 7) is 1.94. The molecule has 2 saturated carbocycles. The minimum Gasteiger partial charge on any atom is -0.387 e. The molecule has 2 aliphatic carbocycles. The summed E-state index contributed by atoms with van der Waals surface area (Å²) in [5, 5.41) is 14.4. The van der Waals surface area contributed by atoms with Crippen LogP contribution >= 0.6 is 7.14 Å². The second kappa shape index (κ2) is 4.86. The van der Waals surface area contributed by atoms with Crippen molar-refractivity contribution < 1.29 is 9.67 Å². The van der Waals surface area contributed by atoms with Gasteiger partial charge in [-0.15, -0.1) is 0 Å². The summed E-state index contributed by atoms with van der Waals surface area (Å²) in [5.74, 6) is 0. The van der Waals surface area contributed by atoms with Gasteiger partial charge in [0.1, 0.15) is 12.4 Å². The molecule has 0 aromatic rings. The Morgan fingerprint density at radius 3 is 2.47 bits per heavy atom. The number of rotatable bonds is 2. The van der Waals surface area contributed by atoms with Gasteiger partial charge in [0.15, 0.2) is 0 Å². The van der Waals surface area contributed by atoms with Crippen LogP contribution in [0.2, 0.25) is 0 Å². The Balaban J connectivity index is 1.89. The van der Waals surface area contributed by atoms with Crippen LogP contribution in [0.5, 0.6) is 0 Å². The lowest BCUT2D eigenvalue weighted by Gasteiger charge is -2.50. The van der Waals surface area contributed by atoms with E-state index in [-0.39, 0.29) is 0 Å². The molecule has 110 valence electrons. The highest BCUT2D eigenvalue weighted by atomic mass is 31.2. The third kappa shape index (κ3) is 2.13. The first kappa shape index (κ1) is 14.1. The number of fused-ring (bicyclic) bond motifs is 1. The number of hydrogen-bond acceptors (Lipinski definition) is 3. The van der Waals surface area contributed by atoms with Gasteiger partial charge >= 0.3 is 0 Å². The van der Waals surface area contributed by atoms with E-state index in [0.717, 1.165) is 38.3 Å². The van der Waals surface area contributed by atoms with Crippen LogP contribution in [-0.4, -0.2) is 34.9 Å². The molecule has 0 spiro atoms. The van der Waals surface area contributed by atoms with Gasteiger partial charge in [0.2, 0.25) is 0 Å². The molecule has 1 heterocycles. The fourth-order valence-corrected chi connectivity index (χ4v) is 8.13. The lowest BCUT2D eigenvalue weighted by Crippen LogP contribution is -2.63. The highest BCUT2D eigenvalue weighted by molar-refractivity contribution is 7.65. The zero-order valence-corrected chi connectivity index (χ0v) is 13.1. The summed E-state index contributed by atoms with van der Waals surface area (Å²) < 4.78 is 13.2. The summed E-state index contributed by atoms with van der Waals surface area (Å²) in [7, 11) is -2.30. The molecule has 4 heteroatoms. The third-order valence-electron chi connectivity index (χ3n) is 5.96. The van der Waals surface area contributed by atoms with Crippen LogP contribution in [0.4, 0.5) is 0 Å². The molecule has 2 unspecified atom stereocenters. The van der Waals surface area contributed by atoms with E-state index in [9.17, 15) is 9.67 Å². The van der Waals surface area contributed by atoms with Crippen molar-refractivity contribution in [2.24, 2.45) is 0 Å². The van der Waals surface area contributed by atoms with Crippen molar-refractivity contribution in [2.75, 3.05) is 12.8 Å². The molecular weight excluding hydrogens is 257 g/mol. The van der Waals surface area contributed by atoms with Gasteiger partial charge in [0.05, 0.1) is 5.60 Å². The van der Waals surface area contributed by atoms with E-state index in [1.807, 2.05) is 6.66 Å². The van der Waals surface area contributed by atoms with Gasteiger partial charge in [-0.25, -0.2) is 0 Å². The molecule has 3 aliphatic rings. The first-order chi connectivity index (χ1) is 8.99. The molecule has 3 atom stereocenters. The van der Waals surface area contributed by atoms with Crippen LogP contribution in [0, 0.1) is 0 Å². The predicted octanol–water partition coefficient (Wildman–Crippen LogP) is 3.31. The van der Waals surface area contributed by atoms with Crippen molar-refractivity contribution in [3.05, 3.63) is 0 Å². The van der Waals surface area contributed by atoms with E-state index < -0.39 is 18.0 Å². The maximum Gasteiger partial charge on any atom is 0.107 e. The van der Waals surface area contributed by atoms with Gasteiger partial charge in [0, 0.05) is 12.2 Å². The zero-order valence-electron chi connectivity index (χ0n) is 12.2.